The van der Waals surface area contributed by atoms with Crippen LogP contribution in [0.5, 0.6) is 0 Å². The second kappa shape index (κ2) is 8.49. The standard InChI is InChI=1S/C23H28N4/c1-2-26-13-15-27(16-14-26)22-9-7-19(8-10-22)17-20-5-4-12-25-23(20)21-6-3-11-24-18-21/h3,6-11,17-18H,2,4-5,12-16H2,1H3/b20-17+. The number of aromatic nitrogens is 1. The van der Waals surface area contributed by atoms with Crippen LogP contribution in [0.15, 0.2) is 59.4 Å². The lowest BCUT2D eigenvalue weighted by Gasteiger charge is -2.35. The van der Waals surface area contributed by atoms with E-state index < -0.39 is 0 Å². The molecule has 4 nitrogen and oxygen atoms in total. The topological polar surface area (TPSA) is 31.7 Å². The van der Waals surface area contributed by atoms with E-state index in [9.17, 15) is 0 Å². The minimum Gasteiger partial charge on any atom is -0.369 e. The number of nitrogens with zero attached hydrogens (tertiary/aromatic N) is 4. The number of likely N-dealkylation sites (N-methyl/N-ethyl adjacent to an activating group) is 1. The molecule has 0 aliphatic carbocycles. The van der Waals surface area contributed by atoms with E-state index in [2.05, 4.69) is 58.1 Å². The summed E-state index contributed by atoms with van der Waals surface area (Å²) in [5.41, 5.74) is 6.12. The van der Waals surface area contributed by atoms with Gasteiger partial charge in [0, 0.05) is 56.4 Å². The van der Waals surface area contributed by atoms with Crippen molar-refractivity contribution in [3.05, 3.63) is 65.5 Å². The van der Waals surface area contributed by atoms with Crippen molar-refractivity contribution in [2.24, 2.45) is 4.99 Å². The van der Waals surface area contributed by atoms with Gasteiger partial charge in [-0.25, -0.2) is 0 Å². The third-order valence-electron chi connectivity index (χ3n) is 5.53. The number of aliphatic imine (C=N–C) groups is 1. The second-order valence-corrected chi connectivity index (χ2v) is 7.26. The van der Waals surface area contributed by atoms with Gasteiger partial charge in [-0.05, 0) is 60.9 Å². The molecule has 1 fully saturated rings. The van der Waals surface area contributed by atoms with E-state index in [1.165, 1.54) is 16.8 Å². The van der Waals surface area contributed by atoms with Gasteiger partial charge in [0.05, 0.1) is 5.71 Å². The van der Waals surface area contributed by atoms with Crippen LogP contribution in [0.4, 0.5) is 5.69 Å². The summed E-state index contributed by atoms with van der Waals surface area (Å²) in [6.45, 7) is 8.86. The average Bonchev–Trinajstić information content (AvgIpc) is 2.75. The highest BCUT2D eigenvalue weighted by Crippen LogP contribution is 2.23. The van der Waals surface area contributed by atoms with Crippen LogP contribution in [-0.2, 0) is 0 Å². The Morgan fingerprint density at radius 2 is 1.85 bits per heavy atom. The minimum absolute atomic E-state index is 0.907. The van der Waals surface area contributed by atoms with Crippen LogP contribution in [0.3, 0.4) is 0 Å². The monoisotopic (exact) mass is 360 g/mol. The summed E-state index contributed by atoms with van der Waals surface area (Å²) in [4.78, 5) is 14.0. The fourth-order valence-corrected chi connectivity index (χ4v) is 3.91. The van der Waals surface area contributed by atoms with Crippen LogP contribution in [-0.4, -0.2) is 54.9 Å². The van der Waals surface area contributed by atoms with E-state index >= 15 is 0 Å². The molecule has 4 rings (SSSR count). The first-order valence-electron chi connectivity index (χ1n) is 10.1. The van der Waals surface area contributed by atoms with E-state index in [-0.39, 0.29) is 0 Å². The molecule has 1 aromatic carbocycles. The van der Waals surface area contributed by atoms with Crippen LogP contribution >= 0.6 is 0 Å². The van der Waals surface area contributed by atoms with Gasteiger partial charge in [-0.3, -0.25) is 9.98 Å². The average molecular weight is 361 g/mol. The molecule has 0 spiro atoms. The fourth-order valence-electron chi connectivity index (χ4n) is 3.91. The van der Waals surface area contributed by atoms with E-state index in [1.807, 2.05) is 18.5 Å². The first-order chi connectivity index (χ1) is 13.3. The maximum atomic E-state index is 4.78. The van der Waals surface area contributed by atoms with Crippen LogP contribution in [0.25, 0.3) is 6.08 Å². The molecule has 2 aliphatic rings. The minimum atomic E-state index is 0.907. The van der Waals surface area contributed by atoms with Crippen LogP contribution < -0.4 is 4.90 Å². The SMILES string of the molecule is CCN1CCN(c2ccc(/C=C3\CCCN=C3c3cccnc3)cc2)CC1. The zero-order valence-corrected chi connectivity index (χ0v) is 16.1. The lowest BCUT2D eigenvalue weighted by Crippen LogP contribution is -2.46. The summed E-state index contributed by atoms with van der Waals surface area (Å²) in [6, 6.07) is 13.1. The highest BCUT2D eigenvalue weighted by Gasteiger charge is 2.16. The molecule has 140 valence electrons. The Labute approximate surface area is 162 Å². The molecular weight excluding hydrogens is 332 g/mol. The van der Waals surface area contributed by atoms with Crippen LogP contribution in [0.2, 0.25) is 0 Å². The molecule has 0 atom stereocenters. The molecule has 0 unspecified atom stereocenters. The van der Waals surface area contributed by atoms with Crippen molar-refractivity contribution in [3.8, 4) is 0 Å². The molecule has 2 aliphatic heterocycles. The number of allylic oxidation sites excluding steroid dienone is 1. The maximum absolute atomic E-state index is 4.78. The number of anilines is 1. The highest BCUT2D eigenvalue weighted by molar-refractivity contribution is 6.15. The van der Waals surface area contributed by atoms with E-state index in [1.54, 1.807) is 0 Å². The van der Waals surface area contributed by atoms with Crippen molar-refractivity contribution >= 4 is 17.5 Å². The predicted molar refractivity (Wildman–Crippen MR) is 114 cm³/mol. The van der Waals surface area contributed by atoms with Gasteiger partial charge in [-0.2, -0.15) is 0 Å². The number of hydrogen-bond donors (Lipinski definition) is 0. The van der Waals surface area contributed by atoms with Crippen LogP contribution in [0.1, 0.15) is 30.9 Å². The zero-order chi connectivity index (χ0) is 18.5. The summed E-state index contributed by atoms with van der Waals surface area (Å²) in [5, 5.41) is 0. The third kappa shape index (κ3) is 4.28. The number of benzene rings is 1. The van der Waals surface area contributed by atoms with Crippen molar-refractivity contribution in [3.63, 3.8) is 0 Å². The van der Waals surface area contributed by atoms with Crippen molar-refractivity contribution in [2.75, 3.05) is 44.2 Å². The lowest BCUT2D eigenvalue weighted by molar-refractivity contribution is 0.271. The van der Waals surface area contributed by atoms with Gasteiger partial charge in [-0.15, -0.1) is 0 Å². The molecule has 4 heteroatoms. The molecule has 1 aromatic heterocycles. The number of rotatable bonds is 4. The van der Waals surface area contributed by atoms with Gasteiger partial charge in [0.25, 0.3) is 0 Å². The Hall–Kier alpha value is -2.46. The Bertz CT molecular complexity index is 800. The summed E-state index contributed by atoms with van der Waals surface area (Å²) in [6.07, 6.45) is 8.22. The number of hydrogen-bond acceptors (Lipinski definition) is 4. The van der Waals surface area contributed by atoms with Gasteiger partial charge < -0.3 is 9.80 Å². The van der Waals surface area contributed by atoms with Gasteiger partial charge in [0.1, 0.15) is 0 Å². The molecular formula is C23H28N4. The number of pyridine rings is 1. The summed E-state index contributed by atoms with van der Waals surface area (Å²) in [7, 11) is 0. The Morgan fingerprint density at radius 3 is 2.56 bits per heavy atom. The highest BCUT2D eigenvalue weighted by atomic mass is 15.3. The van der Waals surface area contributed by atoms with E-state index in [0.717, 1.165) is 63.4 Å². The summed E-state index contributed by atoms with van der Waals surface area (Å²) in [5.74, 6) is 0. The van der Waals surface area contributed by atoms with Crippen molar-refractivity contribution in [1.29, 1.82) is 0 Å². The van der Waals surface area contributed by atoms with Crippen molar-refractivity contribution < 1.29 is 0 Å². The van der Waals surface area contributed by atoms with Crippen LogP contribution in [0, 0.1) is 0 Å². The van der Waals surface area contributed by atoms with Crippen molar-refractivity contribution in [2.45, 2.75) is 19.8 Å². The fraction of sp³-hybridized carbons (Fsp3) is 0.391. The zero-order valence-electron chi connectivity index (χ0n) is 16.1. The van der Waals surface area contributed by atoms with E-state index in [0.29, 0.717) is 0 Å². The quantitative estimate of drug-likeness (QED) is 0.829. The Kier molecular flexibility index (Phi) is 5.64. The molecule has 2 aromatic rings. The van der Waals surface area contributed by atoms with E-state index in [4.69, 9.17) is 4.99 Å². The molecule has 0 N–H and O–H groups in total. The second-order valence-electron chi connectivity index (χ2n) is 7.26. The third-order valence-corrected chi connectivity index (χ3v) is 5.53. The van der Waals surface area contributed by atoms with Gasteiger partial charge in [-0.1, -0.05) is 19.1 Å². The largest absolute Gasteiger partial charge is 0.369 e. The molecule has 1 saturated heterocycles. The predicted octanol–water partition coefficient (Wildman–Crippen LogP) is 3.89. The molecule has 27 heavy (non-hydrogen) atoms. The molecule has 0 amide bonds. The first-order valence-corrected chi connectivity index (χ1v) is 10.1. The molecule has 0 radical (unpaired) electrons. The lowest BCUT2D eigenvalue weighted by atomic mass is 9.95. The van der Waals surface area contributed by atoms with Gasteiger partial charge >= 0.3 is 0 Å². The molecule has 3 heterocycles. The molecule has 0 bridgehead atoms. The Morgan fingerprint density at radius 1 is 1.04 bits per heavy atom. The Balaban J connectivity index is 1.50. The normalized spacial score (nSPS) is 20.0. The van der Waals surface area contributed by atoms with Gasteiger partial charge in [0.2, 0.25) is 0 Å². The summed E-state index contributed by atoms with van der Waals surface area (Å²) >= 11 is 0. The molecule has 0 saturated carbocycles. The number of piperazine rings is 1. The van der Waals surface area contributed by atoms with Gasteiger partial charge in [0.15, 0.2) is 0 Å². The summed E-state index contributed by atoms with van der Waals surface area (Å²) < 4.78 is 0. The maximum Gasteiger partial charge on any atom is 0.0694 e. The first kappa shape index (κ1) is 17.9. The smallest absolute Gasteiger partial charge is 0.0694 e. The van der Waals surface area contributed by atoms with Crippen molar-refractivity contribution in [1.82, 2.24) is 9.88 Å².